The molecule has 1 fully saturated rings. The minimum atomic E-state index is -3.41. The molecule has 3 rings (SSSR count). The van der Waals surface area contributed by atoms with Gasteiger partial charge in [-0.1, -0.05) is 12.1 Å². The van der Waals surface area contributed by atoms with E-state index < -0.39 is 15.8 Å². The first-order valence-electron chi connectivity index (χ1n) is 8.56. The lowest BCUT2D eigenvalue weighted by Crippen LogP contribution is -2.40. The van der Waals surface area contributed by atoms with Crippen molar-refractivity contribution in [2.45, 2.75) is 39.0 Å². The van der Waals surface area contributed by atoms with Gasteiger partial charge >= 0.3 is 0 Å². The highest BCUT2D eigenvalue weighted by Gasteiger charge is 2.28. The van der Waals surface area contributed by atoms with Gasteiger partial charge in [0.15, 0.2) is 0 Å². The van der Waals surface area contributed by atoms with Gasteiger partial charge in [0.05, 0.1) is 5.75 Å². The molecular weight excluding hydrogens is 341 g/mol. The van der Waals surface area contributed by atoms with Crippen LogP contribution in [0.1, 0.15) is 29.9 Å². The molecule has 0 bridgehead atoms. The van der Waals surface area contributed by atoms with E-state index in [0.717, 1.165) is 30.9 Å². The molecule has 2 heterocycles. The molecule has 0 atom stereocenters. The fourth-order valence-electron chi connectivity index (χ4n) is 3.41. The maximum atomic E-state index is 13.3. The second-order valence-electron chi connectivity index (χ2n) is 6.79. The van der Waals surface area contributed by atoms with Crippen molar-refractivity contribution in [2.24, 2.45) is 5.92 Å². The van der Waals surface area contributed by atoms with Crippen molar-refractivity contribution in [3.05, 3.63) is 53.4 Å². The van der Waals surface area contributed by atoms with Crippen molar-refractivity contribution in [3.8, 4) is 0 Å². The molecule has 0 amide bonds. The number of nitrogens with zero attached hydrogens (tertiary/aromatic N) is 3. The zero-order valence-corrected chi connectivity index (χ0v) is 15.5. The molecule has 0 N–H and O–H groups in total. The van der Waals surface area contributed by atoms with E-state index in [9.17, 15) is 12.8 Å². The molecule has 0 radical (unpaired) electrons. The van der Waals surface area contributed by atoms with E-state index in [1.807, 2.05) is 20.0 Å². The molecule has 0 saturated carbocycles. The van der Waals surface area contributed by atoms with Gasteiger partial charge in [0, 0.05) is 31.5 Å². The Labute approximate surface area is 148 Å². The first-order chi connectivity index (χ1) is 11.8. The van der Waals surface area contributed by atoms with Crippen LogP contribution in [0.4, 0.5) is 4.39 Å². The van der Waals surface area contributed by atoms with Crippen LogP contribution >= 0.6 is 0 Å². The molecule has 1 aromatic heterocycles. The number of imidazole rings is 1. The fourth-order valence-corrected chi connectivity index (χ4v) is 4.96. The van der Waals surface area contributed by atoms with E-state index in [1.165, 1.54) is 12.1 Å². The number of aryl methyl sites for hydroxylation is 2. The first kappa shape index (κ1) is 18.1. The molecule has 0 unspecified atom stereocenters. The largest absolute Gasteiger partial charge is 0.332 e. The normalized spacial score (nSPS) is 17.1. The third kappa shape index (κ3) is 4.27. The van der Waals surface area contributed by atoms with Gasteiger partial charge in [-0.2, -0.15) is 0 Å². The van der Waals surface area contributed by atoms with Crippen molar-refractivity contribution < 1.29 is 12.8 Å². The van der Waals surface area contributed by atoms with Gasteiger partial charge in [-0.05, 0) is 50.3 Å². The third-order valence-electron chi connectivity index (χ3n) is 4.90. The van der Waals surface area contributed by atoms with E-state index in [0.29, 0.717) is 24.6 Å². The van der Waals surface area contributed by atoms with Gasteiger partial charge < -0.3 is 4.57 Å². The Morgan fingerprint density at radius 2 is 1.96 bits per heavy atom. The highest BCUT2D eigenvalue weighted by atomic mass is 32.2. The van der Waals surface area contributed by atoms with Crippen LogP contribution in [0, 0.1) is 25.6 Å². The summed E-state index contributed by atoms with van der Waals surface area (Å²) in [5.74, 6) is 0.901. The van der Waals surface area contributed by atoms with Crippen LogP contribution < -0.4 is 0 Å². The molecule has 25 heavy (non-hydrogen) atoms. The van der Waals surface area contributed by atoms with E-state index in [2.05, 4.69) is 9.55 Å². The number of rotatable bonds is 5. The Morgan fingerprint density at radius 3 is 2.56 bits per heavy atom. The Hall–Kier alpha value is -1.73. The smallest absolute Gasteiger partial charge is 0.218 e. The summed E-state index contributed by atoms with van der Waals surface area (Å²) in [6.45, 7) is 5.96. The molecule has 0 aliphatic carbocycles. The minimum Gasteiger partial charge on any atom is -0.332 e. The summed E-state index contributed by atoms with van der Waals surface area (Å²) in [6, 6.07) is 5.80. The highest BCUT2D eigenvalue weighted by molar-refractivity contribution is 7.88. The van der Waals surface area contributed by atoms with Crippen molar-refractivity contribution in [1.82, 2.24) is 13.9 Å². The van der Waals surface area contributed by atoms with Crippen molar-refractivity contribution >= 4 is 10.0 Å². The van der Waals surface area contributed by atoms with Crippen molar-refractivity contribution in [2.75, 3.05) is 13.1 Å². The number of aromatic nitrogens is 2. The number of hydrogen-bond acceptors (Lipinski definition) is 3. The van der Waals surface area contributed by atoms with Gasteiger partial charge in [0.1, 0.15) is 11.6 Å². The molecule has 5 nitrogen and oxygen atoms in total. The van der Waals surface area contributed by atoms with Crippen LogP contribution in [-0.4, -0.2) is 35.4 Å². The predicted octanol–water partition coefficient (Wildman–Crippen LogP) is 2.88. The monoisotopic (exact) mass is 365 g/mol. The molecule has 1 aliphatic heterocycles. The highest BCUT2D eigenvalue weighted by Crippen LogP contribution is 2.24. The van der Waals surface area contributed by atoms with E-state index in [4.69, 9.17) is 0 Å². The zero-order chi connectivity index (χ0) is 18.0. The van der Waals surface area contributed by atoms with Crippen LogP contribution in [0.3, 0.4) is 0 Å². The van der Waals surface area contributed by atoms with Crippen molar-refractivity contribution in [3.63, 3.8) is 0 Å². The Kier molecular flexibility index (Phi) is 5.24. The quantitative estimate of drug-likeness (QED) is 0.819. The second kappa shape index (κ2) is 7.25. The molecule has 0 spiro atoms. The lowest BCUT2D eigenvalue weighted by molar-refractivity contribution is 0.251. The van der Waals surface area contributed by atoms with Gasteiger partial charge in [-0.25, -0.2) is 22.1 Å². The minimum absolute atomic E-state index is 0.144. The van der Waals surface area contributed by atoms with E-state index in [1.54, 1.807) is 16.4 Å². The van der Waals surface area contributed by atoms with Gasteiger partial charge in [-0.15, -0.1) is 0 Å². The number of halogens is 1. The summed E-state index contributed by atoms with van der Waals surface area (Å²) in [5, 5.41) is 0. The lowest BCUT2D eigenvalue weighted by Gasteiger charge is -2.31. The molecule has 1 saturated heterocycles. The number of benzene rings is 1. The lowest BCUT2D eigenvalue weighted by atomic mass is 9.98. The summed E-state index contributed by atoms with van der Waals surface area (Å²) < 4.78 is 42.2. The maximum absolute atomic E-state index is 13.3. The SMILES string of the molecule is Cc1cnc(C)n1CC1CCN(S(=O)(=O)Cc2cccc(F)c2)CC1. The number of piperidine rings is 1. The van der Waals surface area contributed by atoms with Gasteiger partial charge in [-0.3, -0.25) is 0 Å². The molecule has 2 aromatic rings. The Morgan fingerprint density at radius 1 is 1.24 bits per heavy atom. The third-order valence-corrected chi connectivity index (χ3v) is 6.75. The second-order valence-corrected chi connectivity index (χ2v) is 8.75. The standard InChI is InChI=1S/C18H24FN3O2S/c1-14-11-20-15(2)22(14)12-16-6-8-21(9-7-16)25(23,24)13-17-4-3-5-18(19)10-17/h3-5,10-11,16H,6-9,12-13H2,1-2H3. The molecule has 136 valence electrons. The summed E-state index contributed by atoms with van der Waals surface area (Å²) in [7, 11) is -3.41. The van der Waals surface area contributed by atoms with Crippen LogP contribution in [-0.2, 0) is 22.3 Å². The summed E-state index contributed by atoms with van der Waals surface area (Å²) in [4.78, 5) is 4.32. The topological polar surface area (TPSA) is 55.2 Å². The maximum Gasteiger partial charge on any atom is 0.218 e. The zero-order valence-electron chi connectivity index (χ0n) is 14.7. The average Bonchev–Trinajstić information content (AvgIpc) is 2.87. The molecule has 7 heteroatoms. The van der Waals surface area contributed by atoms with Crippen LogP contribution in [0.25, 0.3) is 0 Å². The number of hydrogen-bond donors (Lipinski definition) is 0. The van der Waals surface area contributed by atoms with Gasteiger partial charge in [0.25, 0.3) is 0 Å². The first-order valence-corrected chi connectivity index (χ1v) is 10.2. The van der Waals surface area contributed by atoms with Crippen LogP contribution in [0.15, 0.2) is 30.5 Å². The van der Waals surface area contributed by atoms with E-state index in [-0.39, 0.29) is 5.75 Å². The van der Waals surface area contributed by atoms with Crippen LogP contribution in [0.2, 0.25) is 0 Å². The average molecular weight is 365 g/mol. The number of sulfonamides is 1. The van der Waals surface area contributed by atoms with Crippen molar-refractivity contribution in [1.29, 1.82) is 0 Å². The molecule has 1 aromatic carbocycles. The Bertz CT molecular complexity index is 820. The summed E-state index contributed by atoms with van der Waals surface area (Å²) >= 11 is 0. The van der Waals surface area contributed by atoms with E-state index >= 15 is 0 Å². The Balaban J connectivity index is 1.59. The summed E-state index contributed by atoms with van der Waals surface area (Å²) in [6.07, 6.45) is 3.53. The predicted molar refractivity (Wildman–Crippen MR) is 95.0 cm³/mol. The molecular formula is C18H24FN3O2S. The summed E-state index contributed by atoms with van der Waals surface area (Å²) in [5.41, 5.74) is 1.63. The molecule has 1 aliphatic rings. The van der Waals surface area contributed by atoms with Gasteiger partial charge in [0.2, 0.25) is 10.0 Å². The fraction of sp³-hybridized carbons (Fsp3) is 0.500. The van der Waals surface area contributed by atoms with Crippen LogP contribution in [0.5, 0.6) is 0 Å².